The van der Waals surface area contributed by atoms with Crippen molar-refractivity contribution in [2.45, 2.75) is 24.4 Å². The van der Waals surface area contributed by atoms with E-state index in [1.165, 1.54) is 44.5 Å². The van der Waals surface area contributed by atoms with Gasteiger partial charge in [-0.15, -0.1) is 0 Å². The van der Waals surface area contributed by atoms with Gasteiger partial charge in [-0.25, -0.2) is 17.9 Å². The van der Waals surface area contributed by atoms with Crippen molar-refractivity contribution in [3.63, 3.8) is 0 Å². The Balaban J connectivity index is 2.10. The summed E-state index contributed by atoms with van der Waals surface area (Å²) in [6.45, 7) is 1.40. The lowest BCUT2D eigenvalue weighted by molar-refractivity contribution is -0.141. The van der Waals surface area contributed by atoms with E-state index in [0.29, 0.717) is 5.76 Å². The van der Waals surface area contributed by atoms with Crippen LogP contribution in [0.15, 0.2) is 52.0 Å². The minimum Gasteiger partial charge on any atom is -0.480 e. The molecule has 2 aromatic rings. The third-order valence-electron chi connectivity index (χ3n) is 3.69. The van der Waals surface area contributed by atoms with Crippen molar-refractivity contribution < 1.29 is 27.5 Å². The number of carboxylic acid groups (broad SMARTS) is 1. The zero-order valence-electron chi connectivity index (χ0n) is 13.7. The topological polar surface area (TPSA) is 117 Å². The Morgan fingerprint density at radius 2 is 1.88 bits per heavy atom. The zero-order chi connectivity index (χ0) is 18.6. The average Bonchev–Trinajstić information content (AvgIpc) is 3.11. The number of aliphatic carboxylic acids is 1. The maximum Gasteiger partial charge on any atom is 0.326 e. The maximum absolute atomic E-state index is 12.2. The molecule has 2 rings (SSSR count). The lowest BCUT2D eigenvalue weighted by atomic mass is 10.2. The Hall–Kier alpha value is -2.65. The van der Waals surface area contributed by atoms with E-state index >= 15 is 0 Å². The molecular formula is C16H18N2O6S. The molecule has 1 amide bonds. The molecule has 25 heavy (non-hydrogen) atoms. The number of nitrogens with one attached hydrogen (secondary N) is 1. The highest BCUT2D eigenvalue weighted by molar-refractivity contribution is 7.89. The Bertz CT molecular complexity index is 843. The summed E-state index contributed by atoms with van der Waals surface area (Å²) in [4.78, 5) is 24.2. The summed E-state index contributed by atoms with van der Waals surface area (Å²) in [6, 6.07) is 7.56. The van der Waals surface area contributed by atoms with E-state index in [2.05, 4.69) is 4.72 Å². The van der Waals surface area contributed by atoms with Crippen LogP contribution in [0, 0.1) is 0 Å². The molecule has 1 heterocycles. The van der Waals surface area contributed by atoms with Crippen LogP contribution < -0.4 is 4.72 Å². The van der Waals surface area contributed by atoms with Crippen LogP contribution in [0.3, 0.4) is 0 Å². The largest absolute Gasteiger partial charge is 0.480 e. The first-order chi connectivity index (χ1) is 11.7. The number of likely N-dealkylation sites (N-methyl/N-ethyl adjacent to an activating group) is 1. The summed E-state index contributed by atoms with van der Waals surface area (Å²) in [7, 11) is -2.39. The van der Waals surface area contributed by atoms with Crippen molar-refractivity contribution in [3.05, 3.63) is 54.0 Å². The minimum absolute atomic E-state index is 0.00881. The third-order valence-corrected chi connectivity index (χ3v) is 5.10. The van der Waals surface area contributed by atoms with Gasteiger partial charge in [-0.2, -0.15) is 0 Å². The molecular weight excluding hydrogens is 348 g/mol. The molecule has 9 heteroatoms. The van der Waals surface area contributed by atoms with Gasteiger partial charge < -0.3 is 14.4 Å². The molecule has 0 aliphatic carbocycles. The molecule has 2 N–H and O–H groups in total. The van der Waals surface area contributed by atoms with Gasteiger partial charge in [-0.1, -0.05) is 0 Å². The number of amides is 1. The van der Waals surface area contributed by atoms with Gasteiger partial charge in [0.15, 0.2) is 0 Å². The first-order valence-corrected chi connectivity index (χ1v) is 8.83. The van der Waals surface area contributed by atoms with Gasteiger partial charge in [0.05, 0.1) is 17.7 Å². The van der Waals surface area contributed by atoms with Crippen LogP contribution in [0.4, 0.5) is 0 Å². The van der Waals surface area contributed by atoms with E-state index in [-0.39, 0.29) is 17.0 Å². The molecule has 0 bridgehead atoms. The summed E-state index contributed by atoms with van der Waals surface area (Å²) in [6.07, 6.45) is 1.44. The van der Waals surface area contributed by atoms with Gasteiger partial charge in [-0.3, -0.25) is 4.79 Å². The molecule has 0 saturated carbocycles. The van der Waals surface area contributed by atoms with Crippen LogP contribution in [0.25, 0.3) is 0 Å². The molecule has 1 aromatic heterocycles. The quantitative estimate of drug-likeness (QED) is 0.763. The summed E-state index contributed by atoms with van der Waals surface area (Å²) < 4.78 is 31.9. The predicted octanol–water partition coefficient (Wildman–Crippen LogP) is 1.30. The molecule has 0 spiro atoms. The number of nitrogens with zero attached hydrogens (tertiary/aromatic N) is 1. The number of furan rings is 1. The Morgan fingerprint density at radius 3 is 2.40 bits per heavy atom. The molecule has 0 radical (unpaired) electrons. The summed E-state index contributed by atoms with van der Waals surface area (Å²) in [5.41, 5.74) is 0.195. The molecule has 134 valence electrons. The molecule has 0 aliphatic heterocycles. The van der Waals surface area contributed by atoms with E-state index in [1.807, 2.05) is 0 Å². The molecule has 0 saturated heterocycles. The van der Waals surface area contributed by atoms with Gasteiger partial charge in [0, 0.05) is 12.6 Å². The number of hydrogen-bond acceptors (Lipinski definition) is 5. The highest BCUT2D eigenvalue weighted by Gasteiger charge is 2.23. The molecule has 0 fully saturated rings. The first kappa shape index (κ1) is 18.7. The normalized spacial score (nSPS) is 12.6. The van der Waals surface area contributed by atoms with Crippen LogP contribution in [0.1, 0.15) is 23.0 Å². The maximum atomic E-state index is 12.2. The van der Waals surface area contributed by atoms with E-state index in [9.17, 15) is 18.0 Å². The highest BCUT2D eigenvalue weighted by atomic mass is 32.2. The average molecular weight is 366 g/mol. The van der Waals surface area contributed by atoms with Crippen LogP contribution in [0.5, 0.6) is 0 Å². The molecule has 0 aliphatic rings. The van der Waals surface area contributed by atoms with E-state index in [4.69, 9.17) is 9.52 Å². The number of sulfonamides is 1. The summed E-state index contributed by atoms with van der Waals surface area (Å²) >= 11 is 0. The van der Waals surface area contributed by atoms with Crippen LogP contribution in [-0.2, 0) is 21.4 Å². The molecule has 1 unspecified atom stereocenters. The fraction of sp³-hybridized carbons (Fsp3) is 0.250. The zero-order valence-corrected chi connectivity index (χ0v) is 14.5. The summed E-state index contributed by atoms with van der Waals surface area (Å²) in [5.74, 6) is -1.17. The van der Waals surface area contributed by atoms with Crippen molar-refractivity contribution in [2.24, 2.45) is 0 Å². The van der Waals surface area contributed by atoms with Crippen molar-refractivity contribution >= 4 is 21.9 Å². The Labute approximate surface area is 145 Å². The number of rotatable bonds is 7. The fourth-order valence-electron chi connectivity index (χ4n) is 1.98. The molecule has 1 atom stereocenters. The van der Waals surface area contributed by atoms with Crippen molar-refractivity contribution in [1.29, 1.82) is 0 Å². The van der Waals surface area contributed by atoms with E-state index < -0.39 is 27.9 Å². The minimum atomic E-state index is -3.76. The smallest absolute Gasteiger partial charge is 0.326 e. The number of carbonyl (C=O) groups excluding carboxylic acids is 1. The van der Waals surface area contributed by atoms with Crippen LogP contribution >= 0.6 is 0 Å². The second-order valence-corrected chi connectivity index (χ2v) is 7.13. The number of carboxylic acids is 1. The Morgan fingerprint density at radius 1 is 1.24 bits per heavy atom. The van der Waals surface area contributed by atoms with Crippen molar-refractivity contribution in [1.82, 2.24) is 9.62 Å². The molecule has 1 aromatic carbocycles. The SMILES string of the molecule is CC(C(=O)O)N(C)C(=O)c1ccc(S(=O)(=O)NCc2ccco2)cc1. The van der Waals surface area contributed by atoms with Crippen LogP contribution in [0.2, 0.25) is 0 Å². The second kappa shape index (κ2) is 7.49. The fourth-order valence-corrected chi connectivity index (χ4v) is 2.98. The molecule has 8 nitrogen and oxygen atoms in total. The lowest BCUT2D eigenvalue weighted by Crippen LogP contribution is -2.40. The van der Waals surface area contributed by atoms with Gasteiger partial charge in [0.1, 0.15) is 11.8 Å². The standard InChI is InChI=1S/C16H18N2O6S/c1-11(16(20)21)18(2)15(19)12-5-7-14(8-6-12)25(22,23)17-10-13-4-3-9-24-13/h3-9,11,17H,10H2,1-2H3,(H,20,21). The predicted molar refractivity (Wildman–Crippen MR) is 88.4 cm³/mol. The first-order valence-electron chi connectivity index (χ1n) is 7.34. The third kappa shape index (κ3) is 4.46. The van der Waals surface area contributed by atoms with E-state index in [0.717, 1.165) is 4.90 Å². The monoisotopic (exact) mass is 366 g/mol. The van der Waals surface area contributed by atoms with Crippen LogP contribution in [-0.4, -0.2) is 43.4 Å². The lowest BCUT2D eigenvalue weighted by Gasteiger charge is -2.21. The van der Waals surface area contributed by atoms with Gasteiger partial charge >= 0.3 is 5.97 Å². The number of benzene rings is 1. The number of hydrogen-bond donors (Lipinski definition) is 2. The summed E-state index contributed by atoms with van der Waals surface area (Å²) in [5, 5.41) is 8.95. The van der Waals surface area contributed by atoms with Gasteiger partial charge in [0.25, 0.3) is 5.91 Å². The highest BCUT2D eigenvalue weighted by Crippen LogP contribution is 2.14. The van der Waals surface area contributed by atoms with Gasteiger partial charge in [-0.05, 0) is 43.3 Å². The van der Waals surface area contributed by atoms with Crippen molar-refractivity contribution in [2.75, 3.05) is 7.05 Å². The number of carbonyl (C=O) groups is 2. The van der Waals surface area contributed by atoms with Gasteiger partial charge in [0.2, 0.25) is 10.0 Å². The van der Waals surface area contributed by atoms with Crippen molar-refractivity contribution in [3.8, 4) is 0 Å². The Kier molecular flexibility index (Phi) is 5.60. The van der Waals surface area contributed by atoms with E-state index in [1.54, 1.807) is 12.1 Å². The second-order valence-electron chi connectivity index (χ2n) is 5.36.